The van der Waals surface area contributed by atoms with Crippen LogP contribution in [-0.2, 0) is 11.3 Å². The average Bonchev–Trinajstić information content (AvgIpc) is 3.03. The molecule has 0 fully saturated rings. The highest BCUT2D eigenvalue weighted by Gasteiger charge is 2.16. The topological polar surface area (TPSA) is 92.5 Å². The van der Waals surface area contributed by atoms with Gasteiger partial charge in [-0.15, -0.1) is 11.3 Å². The Labute approximate surface area is 144 Å². The van der Waals surface area contributed by atoms with E-state index in [9.17, 15) is 20.0 Å². The maximum absolute atomic E-state index is 11.2. The summed E-state index contributed by atoms with van der Waals surface area (Å²) in [6.45, 7) is 2.53. The van der Waals surface area contributed by atoms with Crippen LogP contribution in [0.25, 0.3) is 10.4 Å². The number of carbonyl (C=O) groups is 1. The number of thiophene rings is 1. The zero-order valence-corrected chi connectivity index (χ0v) is 14.2. The van der Waals surface area contributed by atoms with Crippen molar-refractivity contribution in [2.75, 3.05) is 0 Å². The maximum Gasteiger partial charge on any atom is 0.320 e. The molecule has 1 aromatic heterocycles. The van der Waals surface area contributed by atoms with Gasteiger partial charge in [0.2, 0.25) is 0 Å². The largest absolute Gasteiger partial charge is 0.480 e. The SMILES string of the molecule is CCCC[C@H](NCc1ccc(-c2ccc([N+](=O)[O-])cc2)s1)C(=O)O. The zero-order valence-electron chi connectivity index (χ0n) is 13.4. The Hall–Kier alpha value is -2.25. The summed E-state index contributed by atoms with van der Waals surface area (Å²) in [5, 5.41) is 23.0. The highest BCUT2D eigenvalue weighted by Crippen LogP contribution is 2.29. The van der Waals surface area contributed by atoms with Crippen molar-refractivity contribution in [3.8, 4) is 10.4 Å². The first-order valence-corrected chi connectivity index (χ1v) is 8.62. The number of nitro benzene ring substituents is 1. The molecule has 0 aliphatic heterocycles. The number of hydrogen-bond donors (Lipinski definition) is 2. The van der Waals surface area contributed by atoms with Crippen LogP contribution in [0.3, 0.4) is 0 Å². The number of nitrogens with zero attached hydrogens (tertiary/aromatic N) is 1. The van der Waals surface area contributed by atoms with Crippen molar-refractivity contribution in [3.63, 3.8) is 0 Å². The van der Waals surface area contributed by atoms with E-state index in [4.69, 9.17) is 0 Å². The third kappa shape index (κ3) is 4.87. The van der Waals surface area contributed by atoms with E-state index in [0.29, 0.717) is 13.0 Å². The van der Waals surface area contributed by atoms with E-state index in [2.05, 4.69) is 5.32 Å². The van der Waals surface area contributed by atoms with Gasteiger partial charge in [0, 0.05) is 28.4 Å². The summed E-state index contributed by atoms with van der Waals surface area (Å²) in [5.41, 5.74) is 0.982. The van der Waals surface area contributed by atoms with Crippen LogP contribution in [0.4, 0.5) is 5.69 Å². The number of nitrogens with one attached hydrogen (secondary N) is 1. The Balaban J connectivity index is 1.99. The van der Waals surface area contributed by atoms with Gasteiger partial charge >= 0.3 is 5.97 Å². The minimum atomic E-state index is -0.824. The number of nitro groups is 1. The summed E-state index contributed by atoms with van der Waals surface area (Å²) in [6, 6.07) is 9.79. The second-order valence-corrected chi connectivity index (χ2v) is 6.65. The van der Waals surface area contributed by atoms with Crippen LogP contribution < -0.4 is 5.32 Å². The van der Waals surface area contributed by atoms with Crippen LogP contribution >= 0.6 is 11.3 Å². The van der Waals surface area contributed by atoms with E-state index in [1.807, 2.05) is 19.1 Å². The van der Waals surface area contributed by atoms with E-state index >= 15 is 0 Å². The molecule has 0 bridgehead atoms. The molecule has 1 heterocycles. The summed E-state index contributed by atoms with van der Waals surface area (Å²) in [4.78, 5) is 23.5. The molecule has 0 radical (unpaired) electrons. The lowest BCUT2D eigenvalue weighted by molar-refractivity contribution is -0.384. The summed E-state index contributed by atoms with van der Waals surface area (Å²) >= 11 is 1.55. The number of rotatable bonds is 9. The normalized spacial score (nSPS) is 12.0. The van der Waals surface area contributed by atoms with E-state index in [0.717, 1.165) is 28.2 Å². The molecule has 0 saturated heterocycles. The van der Waals surface area contributed by atoms with E-state index in [-0.39, 0.29) is 5.69 Å². The van der Waals surface area contributed by atoms with Crippen LogP contribution in [0, 0.1) is 10.1 Å². The standard InChI is InChI=1S/C17H20N2O4S/c1-2-3-4-15(17(20)21)18-11-14-9-10-16(24-14)12-5-7-13(8-6-12)19(22)23/h5-10,15,18H,2-4,11H2,1H3,(H,20,21)/t15-/m0/s1. The number of aliphatic carboxylic acids is 1. The van der Waals surface area contributed by atoms with Crippen LogP contribution in [0.1, 0.15) is 31.1 Å². The Morgan fingerprint density at radius 1 is 1.29 bits per heavy atom. The molecule has 1 atom stereocenters. The number of hydrogen-bond acceptors (Lipinski definition) is 5. The first-order chi connectivity index (χ1) is 11.5. The fourth-order valence-corrected chi connectivity index (χ4v) is 3.28. The predicted molar refractivity (Wildman–Crippen MR) is 94.2 cm³/mol. The second-order valence-electron chi connectivity index (χ2n) is 5.48. The van der Waals surface area contributed by atoms with Crippen LogP contribution in [0.2, 0.25) is 0 Å². The molecule has 0 saturated carbocycles. The first-order valence-electron chi connectivity index (χ1n) is 7.81. The molecule has 0 spiro atoms. The lowest BCUT2D eigenvalue weighted by Gasteiger charge is -2.13. The van der Waals surface area contributed by atoms with Gasteiger partial charge in [-0.1, -0.05) is 19.8 Å². The van der Waals surface area contributed by atoms with Gasteiger partial charge < -0.3 is 5.11 Å². The van der Waals surface area contributed by atoms with Gasteiger partial charge in [-0.2, -0.15) is 0 Å². The van der Waals surface area contributed by atoms with Crippen molar-refractivity contribution in [3.05, 3.63) is 51.4 Å². The number of carboxylic acids is 1. The number of carboxylic acid groups (broad SMARTS) is 1. The van der Waals surface area contributed by atoms with Gasteiger partial charge in [-0.3, -0.25) is 20.2 Å². The third-order valence-electron chi connectivity index (χ3n) is 3.69. The van der Waals surface area contributed by atoms with Crippen LogP contribution in [0.15, 0.2) is 36.4 Å². The smallest absolute Gasteiger partial charge is 0.320 e. The molecule has 2 rings (SSSR count). The van der Waals surface area contributed by atoms with Crippen LogP contribution in [-0.4, -0.2) is 22.0 Å². The van der Waals surface area contributed by atoms with Gasteiger partial charge in [0.1, 0.15) is 6.04 Å². The lowest BCUT2D eigenvalue weighted by Crippen LogP contribution is -2.35. The molecule has 6 nitrogen and oxygen atoms in total. The summed E-state index contributed by atoms with van der Waals surface area (Å²) < 4.78 is 0. The molecule has 0 unspecified atom stereocenters. The van der Waals surface area contributed by atoms with Gasteiger partial charge in [0.05, 0.1) is 4.92 Å². The van der Waals surface area contributed by atoms with Gasteiger partial charge in [-0.25, -0.2) is 0 Å². The van der Waals surface area contributed by atoms with Gasteiger partial charge in [0.15, 0.2) is 0 Å². The molecular weight excluding hydrogens is 328 g/mol. The third-order valence-corrected chi connectivity index (χ3v) is 4.83. The van der Waals surface area contributed by atoms with E-state index in [1.165, 1.54) is 12.1 Å². The molecule has 2 N–H and O–H groups in total. The molecular formula is C17H20N2O4S. The molecule has 0 aliphatic rings. The number of non-ortho nitro benzene ring substituents is 1. The average molecular weight is 348 g/mol. The quantitative estimate of drug-likeness (QED) is 0.527. The monoisotopic (exact) mass is 348 g/mol. The molecule has 0 amide bonds. The van der Waals surface area contributed by atoms with Crippen molar-refractivity contribution in [2.45, 2.75) is 38.8 Å². The minimum absolute atomic E-state index is 0.0671. The molecule has 7 heteroatoms. The Morgan fingerprint density at radius 3 is 2.58 bits per heavy atom. The van der Waals surface area contributed by atoms with Crippen molar-refractivity contribution >= 4 is 23.0 Å². The highest BCUT2D eigenvalue weighted by atomic mass is 32.1. The molecule has 0 aliphatic carbocycles. The van der Waals surface area contributed by atoms with Crippen molar-refractivity contribution < 1.29 is 14.8 Å². The molecule has 1 aromatic carbocycles. The first kappa shape index (κ1) is 18.1. The Kier molecular flexibility index (Phi) is 6.45. The maximum atomic E-state index is 11.2. The van der Waals surface area contributed by atoms with Gasteiger partial charge in [-0.05, 0) is 36.2 Å². The van der Waals surface area contributed by atoms with Crippen molar-refractivity contribution in [1.29, 1.82) is 0 Å². The molecule has 128 valence electrons. The van der Waals surface area contributed by atoms with Crippen LogP contribution in [0.5, 0.6) is 0 Å². The molecule has 24 heavy (non-hydrogen) atoms. The lowest BCUT2D eigenvalue weighted by atomic mass is 10.1. The Bertz CT molecular complexity index is 697. The zero-order chi connectivity index (χ0) is 17.5. The fourth-order valence-electron chi connectivity index (χ4n) is 2.32. The number of unbranched alkanes of at least 4 members (excludes halogenated alkanes) is 1. The molecule has 2 aromatic rings. The van der Waals surface area contributed by atoms with Crippen molar-refractivity contribution in [1.82, 2.24) is 5.32 Å². The minimum Gasteiger partial charge on any atom is -0.480 e. The van der Waals surface area contributed by atoms with Crippen molar-refractivity contribution in [2.24, 2.45) is 0 Å². The Morgan fingerprint density at radius 2 is 2.00 bits per heavy atom. The predicted octanol–water partition coefficient (Wildman–Crippen LogP) is 4.06. The summed E-state index contributed by atoms with van der Waals surface area (Å²) in [5.74, 6) is -0.824. The second kappa shape index (κ2) is 8.56. The number of benzene rings is 1. The highest BCUT2D eigenvalue weighted by molar-refractivity contribution is 7.15. The summed E-state index contributed by atoms with van der Waals surface area (Å²) in [6.07, 6.45) is 2.46. The van der Waals surface area contributed by atoms with E-state index in [1.54, 1.807) is 23.5 Å². The summed E-state index contributed by atoms with van der Waals surface area (Å²) in [7, 11) is 0. The fraction of sp³-hybridized carbons (Fsp3) is 0.353. The van der Waals surface area contributed by atoms with E-state index < -0.39 is 16.9 Å². The van der Waals surface area contributed by atoms with Gasteiger partial charge in [0.25, 0.3) is 5.69 Å².